The van der Waals surface area contributed by atoms with Crippen molar-refractivity contribution in [3.63, 3.8) is 0 Å². The lowest BCUT2D eigenvalue weighted by atomic mass is 9.90. The summed E-state index contributed by atoms with van der Waals surface area (Å²) >= 11 is 2.92. The average Bonchev–Trinajstić information content (AvgIpc) is 2.68. The molecular weight excluding hydrogens is 336 g/mol. The van der Waals surface area contributed by atoms with E-state index in [1.54, 1.807) is 0 Å². The van der Waals surface area contributed by atoms with Crippen molar-refractivity contribution >= 4 is 31.9 Å². The van der Waals surface area contributed by atoms with Crippen LogP contribution >= 0.6 is 15.9 Å². The van der Waals surface area contributed by atoms with E-state index < -0.39 is 15.9 Å². The van der Waals surface area contributed by atoms with Gasteiger partial charge in [-0.05, 0) is 27.8 Å². The lowest BCUT2D eigenvalue weighted by molar-refractivity contribution is 0.0906. The second-order valence-electron chi connectivity index (χ2n) is 4.99. The molecule has 0 bridgehead atoms. The number of carbonyl (C=O) groups is 1. The molecule has 0 saturated carbocycles. The molecule has 0 radical (unpaired) electrons. The van der Waals surface area contributed by atoms with E-state index in [2.05, 4.69) is 21.2 Å². The number of halogens is 1. The molecule has 0 aromatic carbocycles. The summed E-state index contributed by atoms with van der Waals surface area (Å²) in [6.07, 6.45) is 0.900. The molecule has 0 fully saturated rings. The van der Waals surface area contributed by atoms with Gasteiger partial charge in [0, 0.05) is 12.6 Å². The molecule has 3 N–H and O–H groups in total. The molecule has 1 aromatic rings. The fourth-order valence-corrected chi connectivity index (χ4v) is 2.69. The predicted octanol–water partition coefficient (Wildman–Crippen LogP) is 1.86. The lowest BCUT2D eigenvalue weighted by Gasteiger charge is -2.22. The van der Waals surface area contributed by atoms with E-state index >= 15 is 0 Å². The number of nitrogens with one attached hydrogen (secondary N) is 1. The van der Waals surface area contributed by atoms with Crippen LogP contribution in [0.25, 0.3) is 0 Å². The van der Waals surface area contributed by atoms with Crippen LogP contribution in [0.15, 0.2) is 20.0 Å². The minimum Gasteiger partial charge on any atom is -0.443 e. The Kier molecular flexibility index (Phi) is 4.81. The number of amides is 1. The third kappa shape index (κ3) is 4.32. The summed E-state index contributed by atoms with van der Waals surface area (Å²) in [6.45, 7) is 6.52. The van der Waals surface area contributed by atoms with Crippen molar-refractivity contribution in [1.82, 2.24) is 5.32 Å². The maximum atomic E-state index is 11.8. The number of furan rings is 1. The summed E-state index contributed by atoms with van der Waals surface area (Å²) in [5.74, 6) is -0.570. The first-order valence-electron chi connectivity index (χ1n) is 5.67. The number of nitrogens with two attached hydrogens (primary N) is 1. The van der Waals surface area contributed by atoms with Crippen molar-refractivity contribution in [1.29, 1.82) is 0 Å². The molecule has 1 rings (SSSR count). The number of hydrogen-bond acceptors (Lipinski definition) is 4. The van der Waals surface area contributed by atoms with Crippen LogP contribution in [-0.4, -0.2) is 20.9 Å². The van der Waals surface area contributed by atoms with Crippen LogP contribution in [0.5, 0.6) is 0 Å². The number of hydrogen-bond donors (Lipinski definition) is 2. The van der Waals surface area contributed by atoms with E-state index in [1.807, 2.05) is 20.8 Å². The molecule has 19 heavy (non-hydrogen) atoms. The summed E-state index contributed by atoms with van der Waals surface area (Å²) in [5.41, 5.74) is -0.0394. The van der Waals surface area contributed by atoms with Gasteiger partial charge >= 0.3 is 0 Å². The van der Waals surface area contributed by atoms with E-state index in [4.69, 9.17) is 9.56 Å². The molecule has 0 aliphatic rings. The van der Waals surface area contributed by atoms with Crippen LogP contribution in [0, 0.1) is 5.41 Å². The highest BCUT2D eigenvalue weighted by atomic mass is 79.9. The van der Waals surface area contributed by atoms with Crippen LogP contribution in [-0.2, 0) is 10.0 Å². The minimum absolute atomic E-state index is 0.0394. The van der Waals surface area contributed by atoms with Gasteiger partial charge in [-0.1, -0.05) is 20.8 Å². The summed E-state index contributed by atoms with van der Waals surface area (Å²) in [5, 5.41) is 7.68. The summed E-state index contributed by atoms with van der Waals surface area (Å²) in [6, 6.07) is 1.10. The third-order valence-corrected chi connectivity index (χ3v) is 4.64. The zero-order valence-electron chi connectivity index (χ0n) is 11.0. The molecule has 0 unspecified atom stereocenters. The first-order valence-corrected chi connectivity index (χ1v) is 8.01. The Bertz CT molecular complexity index is 578. The zero-order valence-corrected chi connectivity index (χ0v) is 13.4. The van der Waals surface area contributed by atoms with Gasteiger partial charge in [-0.3, -0.25) is 4.79 Å². The van der Waals surface area contributed by atoms with Crippen LogP contribution < -0.4 is 10.5 Å². The van der Waals surface area contributed by atoms with Crippen LogP contribution in [0.3, 0.4) is 0 Å². The molecule has 0 saturated heterocycles. The van der Waals surface area contributed by atoms with Gasteiger partial charge in [-0.2, -0.15) is 0 Å². The molecule has 108 valence electrons. The van der Waals surface area contributed by atoms with Gasteiger partial charge in [0.05, 0.1) is 0 Å². The highest BCUT2D eigenvalue weighted by molar-refractivity contribution is 9.10. The van der Waals surface area contributed by atoms with Gasteiger partial charge in [0.25, 0.3) is 5.91 Å². The van der Waals surface area contributed by atoms with Crippen molar-refractivity contribution in [2.75, 3.05) is 6.54 Å². The second-order valence-corrected chi connectivity index (χ2v) is 7.24. The predicted molar refractivity (Wildman–Crippen MR) is 74.2 cm³/mol. The number of rotatable bonds is 5. The van der Waals surface area contributed by atoms with E-state index in [9.17, 15) is 13.2 Å². The Balaban J connectivity index is 2.85. The normalized spacial score (nSPS) is 12.5. The lowest BCUT2D eigenvalue weighted by Crippen LogP contribution is -2.33. The molecule has 1 amide bonds. The Morgan fingerprint density at radius 2 is 2.11 bits per heavy atom. The monoisotopic (exact) mass is 352 g/mol. The maximum Gasteiger partial charge on any atom is 0.287 e. The Morgan fingerprint density at radius 1 is 1.53 bits per heavy atom. The van der Waals surface area contributed by atoms with Crippen molar-refractivity contribution in [2.24, 2.45) is 10.6 Å². The molecule has 0 aliphatic heterocycles. The van der Waals surface area contributed by atoms with Crippen LogP contribution in [0.4, 0.5) is 0 Å². The number of primary sulfonamides is 1. The van der Waals surface area contributed by atoms with Gasteiger partial charge in [0.2, 0.25) is 10.0 Å². The Hall–Kier alpha value is -0.860. The number of sulfonamides is 1. The summed E-state index contributed by atoms with van der Waals surface area (Å²) in [7, 11) is -3.91. The summed E-state index contributed by atoms with van der Waals surface area (Å²) in [4.78, 5) is 11.6. The Labute approximate surface area is 120 Å². The first-order chi connectivity index (χ1) is 8.57. The molecule has 8 heteroatoms. The molecule has 6 nitrogen and oxygen atoms in total. The van der Waals surface area contributed by atoms with Gasteiger partial charge in [-0.25, -0.2) is 13.6 Å². The number of carbonyl (C=O) groups excluding carboxylic acids is 1. The van der Waals surface area contributed by atoms with Gasteiger partial charge in [0.1, 0.15) is 4.90 Å². The van der Waals surface area contributed by atoms with Gasteiger partial charge < -0.3 is 9.73 Å². The molecule has 0 spiro atoms. The average molecular weight is 353 g/mol. The van der Waals surface area contributed by atoms with E-state index in [-0.39, 0.29) is 20.7 Å². The SMILES string of the molecule is CCC(C)(C)CNC(=O)c1cc(S(N)(=O)=O)c(Br)o1. The summed E-state index contributed by atoms with van der Waals surface area (Å²) < 4.78 is 27.4. The highest BCUT2D eigenvalue weighted by Gasteiger charge is 2.23. The maximum absolute atomic E-state index is 11.8. The van der Waals surface area contributed by atoms with Crippen molar-refractivity contribution in [3.05, 3.63) is 16.5 Å². The zero-order chi connectivity index (χ0) is 14.8. The van der Waals surface area contributed by atoms with Crippen LogP contribution in [0.2, 0.25) is 0 Å². The third-order valence-electron chi connectivity index (χ3n) is 2.87. The van der Waals surface area contributed by atoms with E-state index in [1.165, 1.54) is 0 Å². The largest absolute Gasteiger partial charge is 0.443 e. The highest BCUT2D eigenvalue weighted by Crippen LogP contribution is 2.25. The first kappa shape index (κ1) is 16.2. The van der Waals surface area contributed by atoms with Crippen LogP contribution in [0.1, 0.15) is 37.7 Å². The molecule has 1 heterocycles. The molecule has 0 atom stereocenters. The molecular formula is C11H17BrN2O4S. The van der Waals surface area contributed by atoms with Gasteiger partial charge in [0.15, 0.2) is 10.4 Å². The topological polar surface area (TPSA) is 102 Å². The fourth-order valence-electron chi connectivity index (χ4n) is 1.19. The van der Waals surface area contributed by atoms with Gasteiger partial charge in [-0.15, -0.1) is 0 Å². The quantitative estimate of drug-likeness (QED) is 0.843. The van der Waals surface area contributed by atoms with Crippen molar-refractivity contribution < 1.29 is 17.6 Å². The van der Waals surface area contributed by atoms with Crippen molar-refractivity contribution in [2.45, 2.75) is 32.1 Å². The van der Waals surface area contributed by atoms with E-state index in [0.29, 0.717) is 6.54 Å². The molecule has 1 aromatic heterocycles. The fraction of sp³-hybridized carbons (Fsp3) is 0.545. The van der Waals surface area contributed by atoms with E-state index in [0.717, 1.165) is 12.5 Å². The standard InChI is InChI=1S/C11H17BrN2O4S/c1-4-11(2,3)6-14-10(15)7-5-8(9(12)18-7)19(13,16)17/h5H,4,6H2,1-3H3,(H,14,15)(H2,13,16,17). The molecule has 0 aliphatic carbocycles. The van der Waals surface area contributed by atoms with Crippen molar-refractivity contribution in [3.8, 4) is 0 Å². The Morgan fingerprint density at radius 3 is 2.53 bits per heavy atom. The minimum atomic E-state index is -3.91. The second kappa shape index (κ2) is 5.64. The smallest absolute Gasteiger partial charge is 0.287 e.